The molecule has 0 heterocycles. The fraction of sp³-hybridized carbons (Fsp3) is 0.200. The maximum atomic E-state index is 13.3. The normalized spacial score (nSPS) is 11.6. The smallest absolute Gasteiger partial charge is 0.255 e. The minimum absolute atomic E-state index is 0.0692. The monoisotopic (exact) mass is 270 g/mol. The van der Waals surface area contributed by atoms with Crippen LogP contribution >= 0.6 is 15.9 Å². The first-order chi connectivity index (χ1) is 7.04. The number of nitriles is 1. The molecular formula is C10H8BrFN2O. The first-order valence-electron chi connectivity index (χ1n) is 4.20. The summed E-state index contributed by atoms with van der Waals surface area (Å²) in [4.78, 5) is 11.4. The molecule has 0 spiro atoms. The average molecular weight is 271 g/mol. The molecule has 1 amide bonds. The molecule has 78 valence electrons. The number of carbonyl (C=O) groups is 1. The summed E-state index contributed by atoms with van der Waals surface area (Å²) in [7, 11) is 0. The van der Waals surface area contributed by atoms with Gasteiger partial charge >= 0.3 is 0 Å². The van der Waals surface area contributed by atoms with Gasteiger partial charge in [-0.3, -0.25) is 4.79 Å². The van der Waals surface area contributed by atoms with Gasteiger partial charge in [0.25, 0.3) is 5.91 Å². The van der Waals surface area contributed by atoms with Crippen LogP contribution in [0.25, 0.3) is 0 Å². The van der Waals surface area contributed by atoms with Gasteiger partial charge in [-0.1, -0.05) is 15.9 Å². The van der Waals surface area contributed by atoms with Crippen molar-refractivity contribution in [1.29, 1.82) is 5.26 Å². The van der Waals surface area contributed by atoms with Crippen LogP contribution in [0.1, 0.15) is 17.3 Å². The number of amides is 1. The second kappa shape index (κ2) is 4.89. The van der Waals surface area contributed by atoms with Gasteiger partial charge in [0.2, 0.25) is 0 Å². The zero-order valence-corrected chi connectivity index (χ0v) is 9.51. The standard InChI is InChI=1S/C10H8BrFN2O/c1-6(5-13)14-10(15)8-3-2-7(11)4-9(8)12/h2-4,6H,1H3,(H,14,15). The quantitative estimate of drug-likeness (QED) is 0.896. The zero-order valence-electron chi connectivity index (χ0n) is 7.92. The van der Waals surface area contributed by atoms with Crippen molar-refractivity contribution in [3.8, 4) is 6.07 Å². The Morgan fingerprint density at radius 1 is 1.67 bits per heavy atom. The van der Waals surface area contributed by atoms with Crippen LogP contribution in [0.3, 0.4) is 0 Å². The molecule has 0 saturated carbocycles. The molecule has 15 heavy (non-hydrogen) atoms. The van der Waals surface area contributed by atoms with Crippen LogP contribution < -0.4 is 5.32 Å². The number of hydrogen-bond acceptors (Lipinski definition) is 2. The van der Waals surface area contributed by atoms with Gasteiger partial charge in [-0.2, -0.15) is 5.26 Å². The summed E-state index contributed by atoms with van der Waals surface area (Å²) in [6, 6.07) is 5.32. The van der Waals surface area contributed by atoms with Crippen molar-refractivity contribution >= 4 is 21.8 Å². The molecule has 1 aromatic carbocycles. The molecule has 0 saturated heterocycles. The highest BCUT2D eigenvalue weighted by Crippen LogP contribution is 2.15. The topological polar surface area (TPSA) is 52.9 Å². The highest BCUT2D eigenvalue weighted by molar-refractivity contribution is 9.10. The third-order valence-electron chi connectivity index (χ3n) is 1.72. The fourth-order valence-corrected chi connectivity index (χ4v) is 1.31. The van der Waals surface area contributed by atoms with Crippen LogP contribution in [0.4, 0.5) is 4.39 Å². The molecular weight excluding hydrogens is 263 g/mol. The van der Waals surface area contributed by atoms with Gasteiger partial charge in [-0.15, -0.1) is 0 Å². The summed E-state index contributed by atoms with van der Waals surface area (Å²) in [6.07, 6.45) is 0. The Morgan fingerprint density at radius 2 is 2.33 bits per heavy atom. The Bertz CT molecular complexity index is 428. The van der Waals surface area contributed by atoms with E-state index >= 15 is 0 Å². The van der Waals surface area contributed by atoms with Crippen LogP contribution in [0, 0.1) is 17.1 Å². The van der Waals surface area contributed by atoms with Crippen molar-refractivity contribution in [3.63, 3.8) is 0 Å². The lowest BCUT2D eigenvalue weighted by Crippen LogP contribution is -2.31. The number of nitrogens with zero attached hydrogens (tertiary/aromatic N) is 1. The molecule has 5 heteroatoms. The zero-order chi connectivity index (χ0) is 11.4. The summed E-state index contributed by atoms with van der Waals surface area (Å²) in [5.41, 5.74) is -0.0692. The van der Waals surface area contributed by atoms with E-state index in [1.807, 2.05) is 6.07 Å². The number of hydrogen-bond donors (Lipinski definition) is 1. The summed E-state index contributed by atoms with van der Waals surface area (Å²) < 4.78 is 13.8. The van der Waals surface area contributed by atoms with Gasteiger partial charge in [-0.05, 0) is 25.1 Å². The summed E-state index contributed by atoms with van der Waals surface area (Å²) in [6.45, 7) is 1.52. The Labute approximate surface area is 95.0 Å². The molecule has 1 atom stereocenters. The maximum absolute atomic E-state index is 13.3. The van der Waals surface area contributed by atoms with Gasteiger partial charge in [-0.25, -0.2) is 4.39 Å². The van der Waals surface area contributed by atoms with Crippen LogP contribution in [-0.2, 0) is 0 Å². The minimum Gasteiger partial charge on any atom is -0.336 e. The number of nitrogens with one attached hydrogen (secondary N) is 1. The van der Waals surface area contributed by atoms with Crippen molar-refractivity contribution in [2.24, 2.45) is 0 Å². The molecule has 1 unspecified atom stereocenters. The number of benzene rings is 1. The third-order valence-corrected chi connectivity index (χ3v) is 2.21. The SMILES string of the molecule is CC(C#N)NC(=O)c1ccc(Br)cc1F. The van der Waals surface area contributed by atoms with E-state index in [2.05, 4.69) is 21.2 Å². The minimum atomic E-state index is -0.638. The van der Waals surface area contributed by atoms with Gasteiger partial charge < -0.3 is 5.32 Å². The van der Waals surface area contributed by atoms with Crippen LogP contribution in [0.2, 0.25) is 0 Å². The average Bonchev–Trinajstić information content (AvgIpc) is 2.17. The molecule has 1 N–H and O–H groups in total. The van der Waals surface area contributed by atoms with E-state index in [1.54, 1.807) is 6.07 Å². The van der Waals surface area contributed by atoms with Gasteiger partial charge in [0.05, 0.1) is 11.6 Å². The molecule has 1 aromatic rings. The molecule has 0 aromatic heterocycles. The molecule has 3 nitrogen and oxygen atoms in total. The third kappa shape index (κ3) is 3.03. The fourth-order valence-electron chi connectivity index (χ4n) is 0.980. The lowest BCUT2D eigenvalue weighted by atomic mass is 10.2. The number of halogens is 2. The molecule has 0 bridgehead atoms. The molecule has 0 aliphatic rings. The van der Waals surface area contributed by atoms with Gasteiger partial charge in [0.1, 0.15) is 11.9 Å². The van der Waals surface area contributed by atoms with Crippen molar-refractivity contribution in [1.82, 2.24) is 5.32 Å². The van der Waals surface area contributed by atoms with Crippen LogP contribution in [0.15, 0.2) is 22.7 Å². The Balaban J connectivity index is 2.88. The van der Waals surface area contributed by atoms with E-state index in [-0.39, 0.29) is 5.56 Å². The van der Waals surface area contributed by atoms with Crippen LogP contribution in [-0.4, -0.2) is 11.9 Å². The molecule has 0 aliphatic carbocycles. The van der Waals surface area contributed by atoms with Crippen molar-refractivity contribution in [2.45, 2.75) is 13.0 Å². The Hall–Kier alpha value is -1.41. The Morgan fingerprint density at radius 3 is 2.87 bits per heavy atom. The van der Waals surface area contributed by atoms with Crippen LogP contribution in [0.5, 0.6) is 0 Å². The van der Waals surface area contributed by atoms with Crippen molar-refractivity contribution < 1.29 is 9.18 Å². The predicted octanol–water partition coefficient (Wildman–Crippen LogP) is 2.23. The molecule has 0 fully saturated rings. The van der Waals surface area contributed by atoms with Crippen molar-refractivity contribution in [3.05, 3.63) is 34.1 Å². The Kier molecular flexibility index (Phi) is 3.81. The first-order valence-corrected chi connectivity index (χ1v) is 4.99. The first kappa shape index (κ1) is 11.7. The van der Waals surface area contributed by atoms with E-state index in [1.165, 1.54) is 19.1 Å². The largest absolute Gasteiger partial charge is 0.336 e. The summed E-state index contributed by atoms with van der Waals surface area (Å²) >= 11 is 3.09. The molecule has 0 aliphatic heterocycles. The van der Waals surface area contributed by atoms with E-state index < -0.39 is 17.8 Å². The molecule has 1 rings (SSSR count). The van der Waals surface area contributed by atoms with Gasteiger partial charge in [0.15, 0.2) is 0 Å². The second-order valence-electron chi connectivity index (χ2n) is 2.95. The predicted molar refractivity (Wildman–Crippen MR) is 56.6 cm³/mol. The lowest BCUT2D eigenvalue weighted by molar-refractivity contribution is 0.0944. The van der Waals surface area contributed by atoms with Crippen molar-refractivity contribution in [2.75, 3.05) is 0 Å². The van der Waals surface area contributed by atoms with E-state index in [0.717, 1.165) is 0 Å². The second-order valence-corrected chi connectivity index (χ2v) is 3.86. The highest BCUT2D eigenvalue weighted by Gasteiger charge is 2.13. The van der Waals surface area contributed by atoms with Gasteiger partial charge in [0, 0.05) is 4.47 Å². The number of rotatable bonds is 2. The number of carbonyl (C=O) groups excluding carboxylic acids is 1. The van der Waals surface area contributed by atoms with E-state index in [9.17, 15) is 9.18 Å². The van der Waals surface area contributed by atoms with E-state index in [4.69, 9.17) is 5.26 Å². The maximum Gasteiger partial charge on any atom is 0.255 e. The highest BCUT2D eigenvalue weighted by atomic mass is 79.9. The van der Waals surface area contributed by atoms with E-state index in [0.29, 0.717) is 4.47 Å². The lowest BCUT2D eigenvalue weighted by Gasteiger charge is -2.07. The summed E-state index contributed by atoms with van der Waals surface area (Å²) in [5.74, 6) is -1.21. The summed E-state index contributed by atoms with van der Waals surface area (Å²) in [5, 5.41) is 10.8. The molecule has 0 radical (unpaired) electrons.